The number of likely N-dealkylation sites (tertiary alicyclic amines) is 1. The van der Waals surface area contributed by atoms with Gasteiger partial charge in [-0.25, -0.2) is 4.79 Å². The van der Waals surface area contributed by atoms with Gasteiger partial charge in [0, 0.05) is 19.5 Å². The van der Waals surface area contributed by atoms with Gasteiger partial charge < -0.3 is 24.3 Å². The van der Waals surface area contributed by atoms with Crippen LogP contribution >= 0.6 is 0 Å². The summed E-state index contributed by atoms with van der Waals surface area (Å²) in [5.74, 6) is -0.0663. The van der Waals surface area contributed by atoms with Gasteiger partial charge in [0.2, 0.25) is 5.91 Å². The lowest BCUT2D eigenvalue weighted by molar-refractivity contribution is -0.132. The van der Waals surface area contributed by atoms with Crippen LogP contribution in [0.3, 0.4) is 0 Å². The third-order valence-corrected chi connectivity index (χ3v) is 6.35. The molecule has 1 aromatic rings. The number of hydrogen-bond acceptors (Lipinski definition) is 5. The second kappa shape index (κ2) is 9.06. The van der Waals surface area contributed by atoms with Crippen LogP contribution in [0.25, 0.3) is 0 Å². The van der Waals surface area contributed by atoms with Gasteiger partial charge in [0.1, 0.15) is 11.6 Å². The molecule has 2 saturated heterocycles. The lowest BCUT2D eigenvalue weighted by Gasteiger charge is -2.32. The van der Waals surface area contributed by atoms with E-state index in [1.165, 1.54) is 0 Å². The number of amides is 2. The van der Waals surface area contributed by atoms with Crippen molar-refractivity contribution in [1.82, 2.24) is 10.2 Å². The molecule has 176 valence electrons. The quantitative estimate of drug-likeness (QED) is 0.707. The summed E-state index contributed by atoms with van der Waals surface area (Å²) in [7, 11) is -0.434. The van der Waals surface area contributed by atoms with E-state index in [1.807, 2.05) is 56.9 Å². The van der Waals surface area contributed by atoms with E-state index in [4.69, 9.17) is 14.0 Å². The van der Waals surface area contributed by atoms with Crippen molar-refractivity contribution in [3.8, 4) is 0 Å². The van der Waals surface area contributed by atoms with E-state index in [2.05, 4.69) is 5.32 Å². The highest BCUT2D eigenvalue weighted by molar-refractivity contribution is 6.62. The first-order valence-corrected chi connectivity index (χ1v) is 11.5. The summed E-state index contributed by atoms with van der Waals surface area (Å²) in [5.41, 5.74) is 0.436. The van der Waals surface area contributed by atoms with Crippen LogP contribution in [-0.4, -0.2) is 60.0 Å². The molecular weight excluding hydrogens is 407 g/mol. The number of hydrogen-bond donors (Lipinski definition) is 1. The van der Waals surface area contributed by atoms with Crippen LogP contribution in [0.15, 0.2) is 24.3 Å². The van der Waals surface area contributed by atoms with Crippen LogP contribution in [-0.2, 0) is 25.3 Å². The molecule has 0 radical (unpaired) electrons. The van der Waals surface area contributed by atoms with E-state index in [0.29, 0.717) is 6.42 Å². The average molecular weight is 444 g/mol. The molecule has 7 nitrogen and oxygen atoms in total. The first-order chi connectivity index (χ1) is 14.8. The average Bonchev–Trinajstić information content (AvgIpc) is 3.26. The summed E-state index contributed by atoms with van der Waals surface area (Å²) in [6, 6.07) is 7.17. The minimum atomic E-state index is -0.675. The van der Waals surface area contributed by atoms with Crippen molar-refractivity contribution < 1.29 is 23.6 Å². The van der Waals surface area contributed by atoms with Crippen molar-refractivity contribution in [1.29, 1.82) is 0 Å². The Bertz CT molecular complexity index is 810. The smallest absolute Gasteiger partial charge is 0.444 e. The molecule has 2 fully saturated rings. The lowest BCUT2D eigenvalue weighted by atomic mass is 9.78. The summed E-state index contributed by atoms with van der Waals surface area (Å²) >= 11 is 0. The first kappa shape index (κ1) is 24.6. The summed E-state index contributed by atoms with van der Waals surface area (Å²) < 4.78 is 17.6. The standard InChI is InChI=1S/C24H37BN2O5/c1-22(2,3)30-21(29)26-19(20(28)27-14-8-9-15-27)16-17-10-12-18(13-11-17)25-31-23(4,5)24(6,7)32-25/h10-13,19H,8-9,14-16H2,1-7H3,(H,26,29)/t19-/m0/s1. The van der Waals surface area contributed by atoms with E-state index in [-0.39, 0.29) is 5.91 Å². The van der Waals surface area contributed by atoms with Crippen molar-refractivity contribution in [3.05, 3.63) is 29.8 Å². The summed E-state index contributed by atoms with van der Waals surface area (Å²) in [5, 5.41) is 2.79. The van der Waals surface area contributed by atoms with Gasteiger partial charge in [-0.05, 0) is 72.3 Å². The molecule has 0 unspecified atom stereocenters. The van der Waals surface area contributed by atoms with E-state index in [0.717, 1.165) is 37.0 Å². The summed E-state index contributed by atoms with van der Waals surface area (Å²) in [6.07, 6.45) is 1.79. The van der Waals surface area contributed by atoms with Crippen molar-refractivity contribution in [3.63, 3.8) is 0 Å². The van der Waals surface area contributed by atoms with Crippen LogP contribution in [0.5, 0.6) is 0 Å². The maximum absolute atomic E-state index is 13.1. The van der Waals surface area contributed by atoms with Crippen molar-refractivity contribution in [2.45, 2.75) is 90.6 Å². The molecule has 0 saturated carbocycles. The molecule has 3 rings (SSSR count). The molecule has 2 aliphatic rings. The lowest BCUT2D eigenvalue weighted by Crippen LogP contribution is -2.50. The molecule has 0 aliphatic carbocycles. The maximum Gasteiger partial charge on any atom is 0.494 e. The van der Waals surface area contributed by atoms with E-state index < -0.39 is 36.1 Å². The molecule has 8 heteroatoms. The van der Waals surface area contributed by atoms with Crippen molar-refractivity contribution >= 4 is 24.6 Å². The molecular formula is C24H37BN2O5. The van der Waals surface area contributed by atoms with Gasteiger partial charge in [0.15, 0.2) is 0 Å². The van der Waals surface area contributed by atoms with Gasteiger partial charge in [-0.3, -0.25) is 4.79 Å². The fourth-order valence-corrected chi connectivity index (χ4v) is 3.83. The third kappa shape index (κ3) is 5.84. The number of benzene rings is 1. The Hall–Kier alpha value is -2.06. The monoisotopic (exact) mass is 444 g/mol. The second-order valence-corrected chi connectivity index (χ2v) is 10.8. The summed E-state index contributed by atoms with van der Waals surface area (Å²) in [4.78, 5) is 27.3. The summed E-state index contributed by atoms with van der Waals surface area (Å²) in [6.45, 7) is 15.0. The largest absolute Gasteiger partial charge is 0.494 e. The van der Waals surface area contributed by atoms with Crippen LogP contribution in [0.4, 0.5) is 4.79 Å². The molecule has 1 N–H and O–H groups in total. The molecule has 0 bridgehead atoms. The van der Waals surface area contributed by atoms with Crippen LogP contribution in [0.1, 0.15) is 66.9 Å². The molecule has 0 spiro atoms. The number of rotatable bonds is 5. The minimum absolute atomic E-state index is 0.0663. The Kier molecular flexibility index (Phi) is 6.96. The number of carbonyl (C=O) groups is 2. The minimum Gasteiger partial charge on any atom is -0.444 e. The van der Waals surface area contributed by atoms with Crippen LogP contribution in [0.2, 0.25) is 0 Å². The highest BCUT2D eigenvalue weighted by Gasteiger charge is 2.51. The van der Waals surface area contributed by atoms with E-state index >= 15 is 0 Å². The predicted molar refractivity (Wildman–Crippen MR) is 125 cm³/mol. The van der Waals surface area contributed by atoms with Gasteiger partial charge in [-0.2, -0.15) is 0 Å². The topological polar surface area (TPSA) is 77.1 Å². The number of alkyl carbamates (subject to hydrolysis) is 1. The molecule has 2 heterocycles. The number of carbonyl (C=O) groups excluding carboxylic acids is 2. The zero-order valence-electron chi connectivity index (χ0n) is 20.5. The molecule has 1 atom stereocenters. The second-order valence-electron chi connectivity index (χ2n) is 10.8. The fourth-order valence-electron chi connectivity index (χ4n) is 3.83. The van der Waals surface area contributed by atoms with Gasteiger partial charge in [0.25, 0.3) is 0 Å². The Morgan fingerprint density at radius 2 is 1.59 bits per heavy atom. The Labute approximate surface area is 192 Å². The normalized spacial score (nSPS) is 20.8. The van der Waals surface area contributed by atoms with Crippen LogP contribution < -0.4 is 10.8 Å². The third-order valence-electron chi connectivity index (χ3n) is 6.35. The number of nitrogens with zero attached hydrogens (tertiary/aromatic N) is 1. The maximum atomic E-state index is 13.1. The molecule has 0 aromatic heterocycles. The first-order valence-electron chi connectivity index (χ1n) is 11.5. The SMILES string of the molecule is CC(C)(C)OC(=O)N[C@@H](Cc1ccc(B2OC(C)(C)C(C)(C)O2)cc1)C(=O)N1CCCC1. The van der Waals surface area contributed by atoms with E-state index in [1.54, 1.807) is 20.8 Å². The molecule has 2 amide bonds. The van der Waals surface area contributed by atoms with Gasteiger partial charge in [0.05, 0.1) is 11.2 Å². The highest BCUT2D eigenvalue weighted by atomic mass is 16.7. The molecule has 32 heavy (non-hydrogen) atoms. The predicted octanol–water partition coefficient (Wildman–Crippen LogP) is 3.04. The highest BCUT2D eigenvalue weighted by Crippen LogP contribution is 2.36. The van der Waals surface area contributed by atoms with Gasteiger partial charge >= 0.3 is 13.2 Å². The Balaban J connectivity index is 1.71. The van der Waals surface area contributed by atoms with E-state index in [9.17, 15) is 9.59 Å². The molecule has 1 aromatic carbocycles. The van der Waals surface area contributed by atoms with Crippen LogP contribution in [0, 0.1) is 0 Å². The van der Waals surface area contributed by atoms with Gasteiger partial charge in [-0.1, -0.05) is 24.3 Å². The zero-order chi connectivity index (χ0) is 23.7. The van der Waals surface area contributed by atoms with Gasteiger partial charge in [-0.15, -0.1) is 0 Å². The fraction of sp³-hybridized carbons (Fsp3) is 0.667. The van der Waals surface area contributed by atoms with Crippen molar-refractivity contribution in [2.75, 3.05) is 13.1 Å². The Morgan fingerprint density at radius 3 is 2.09 bits per heavy atom. The molecule has 2 aliphatic heterocycles. The number of ether oxygens (including phenoxy) is 1. The zero-order valence-corrected chi connectivity index (χ0v) is 20.5. The van der Waals surface area contributed by atoms with Crippen molar-refractivity contribution in [2.24, 2.45) is 0 Å². The number of nitrogens with one attached hydrogen (secondary N) is 1. The Morgan fingerprint density at radius 1 is 1.06 bits per heavy atom.